The monoisotopic (exact) mass is 778 g/mol. The predicted molar refractivity (Wildman–Crippen MR) is 253 cm³/mol. The van der Waals surface area contributed by atoms with Gasteiger partial charge in [0.1, 0.15) is 0 Å². The highest BCUT2D eigenvalue weighted by Crippen LogP contribution is 2.53. The summed E-state index contributed by atoms with van der Waals surface area (Å²) in [5.41, 5.74) is 14.2. The number of thiophene rings is 2. The van der Waals surface area contributed by atoms with E-state index in [1.54, 1.807) is 0 Å². The van der Waals surface area contributed by atoms with Crippen LogP contribution in [0.5, 0.6) is 0 Å². The second-order valence-corrected chi connectivity index (χ2v) is 17.7. The first-order chi connectivity index (χ1) is 28.6. The fraction of sp³-hybridized carbons (Fsp3) is 0.0741. The second-order valence-electron chi connectivity index (χ2n) is 15.6. The van der Waals surface area contributed by atoms with Crippen LogP contribution in [0, 0.1) is 6.92 Å². The maximum atomic E-state index is 2.61. The van der Waals surface area contributed by atoms with Crippen molar-refractivity contribution in [3.63, 3.8) is 0 Å². The third-order valence-electron chi connectivity index (χ3n) is 12.4. The fourth-order valence-corrected chi connectivity index (χ4v) is 12.3. The predicted octanol–water partition coefficient (Wildman–Crippen LogP) is 15.9. The van der Waals surface area contributed by atoms with E-state index in [4.69, 9.17) is 0 Å². The van der Waals surface area contributed by atoms with E-state index in [-0.39, 0.29) is 6.04 Å². The summed E-state index contributed by atoms with van der Waals surface area (Å²) in [6.07, 6.45) is 5.94. The van der Waals surface area contributed by atoms with Gasteiger partial charge in [0.15, 0.2) is 0 Å². The first kappa shape index (κ1) is 33.7. The third kappa shape index (κ3) is 4.95. The van der Waals surface area contributed by atoms with Crippen molar-refractivity contribution in [2.45, 2.75) is 26.3 Å². The quantitative estimate of drug-likeness (QED) is 0.166. The molecule has 2 aliphatic carbocycles. The largest absolute Gasteiger partial charge is 0.329 e. The van der Waals surface area contributed by atoms with Gasteiger partial charge in [-0.3, -0.25) is 0 Å². The Labute approximate surface area is 345 Å². The highest BCUT2D eigenvalue weighted by atomic mass is 32.1. The first-order valence-electron chi connectivity index (χ1n) is 20.1. The van der Waals surface area contributed by atoms with Crippen molar-refractivity contribution >= 4 is 113 Å². The minimum absolute atomic E-state index is 0.00551. The Bertz CT molecular complexity index is 3350. The van der Waals surface area contributed by atoms with Crippen LogP contribution in [0.1, 0.15) is 29.2 Å². The Kier molecular flexibility index (Phi) is 7.57. The number of aryl methyl sites for hydroxylation is 1. The molecule has 276 valence electrons. The Hall–Kier alpha value is -6.46. The van der Waals surface area contributed by atoms with Crippen LogP contribution < -0.4 is 9.80 Å². The zero-order valence-corrected chi connectivity index (χ0v) is 33.9. The van der Waals surface area contributed by atoms with Gasteiger partial charge < -0.3 is 9.80 Å². The minimum atomic E-state index is 0.00551. The lowest BCUT2D eigenvalue weighted by molar-refractivity contribution is 0.949. The van der Waals surface area contributed by atoms with Gasteiger partial charge in [-0.2, -0.15) is 0 Å². The van der Waals surface area contributed by atoms with Crippen LogP contribution in [0.3, 0.4) is 0 Å². The molecule has 0 fully saturated rings. The molecule has 58 heavy (non-hydrogen) atoms. The summed E-state index contributed by atoms with van der Waals surface area (Å²) in [5, 5.41) is 7.94. The zero-order valence-electron chi connectivity index (χ0n) is 32.2. The van der Waals surface area contributed by atoms with Crippen molar-refractivity contribution in [3.05, 3.63) is 198 Å². The summed E-state index contributed by atoms with van der Waals surface area (Å²) >= 11 is 3.79. The molecule has 4 heteroatoms. The van der Waals surface area contributed by atoms with Gasteiger partial charge in [0.05, 0.1) is 32.5 Å². The lowest BCUT2D eigenvalue weighted by atomic mass is 9.75. The molecule has 8 aromatic carbocycles. The van der Waals surface area contributed by atoms with Crippen LogP contribution >= 0.6 is 22.7 Å². The SMILES string of the molecule is CC1=CC(N(c2ccccc2)c2cccc3c2sc2ccccc23)C2=CCc3c(C)cc(N(c4ccccc4)c4cccc5c4sc4ccccc45)c4ccc1c2c34. The lowest BCUT2D eigenvalue weighted by Crippen LogP contribution is -2.33. The van der Waals surface area contributed by atoms with Crippen LogP contribution in [0.2, 0.25) is 0 Å². The summed E-state index contributed by atoms with van der Waals surface area (Å²) in [4.78, 5) is 5.13. The molecule has 0 saturated heterocycles. The molecule has 2 aliphatic rings. The molecule has 12 rings (SSSR count). The Morgan fingerprint density at radius 1 is 0.517 bits per heavy atom. The van der Waals surface area contributed by atoms with Crippen LogP contribution in [0.15, 0.2) is 176 Å². The van der Waals surface area contributed by atoms with E-state index in [1.807, 2.05) is 22.7 Å². The summed E-state index contributed by atoms with van der Waals surface area (Å²) in [6.45, 7) is 4.63. The molecule has 0 saturated carbocycles. The number of hydrogen-bond acceptors (Lipinski definition) is 4. The lowest BCUT2D eigenvalue weighted by Gasteiger charge is -2.40. The van der Waals surface area contributed by atoms with Crippen LogP contribution in [0.4, 0.5) is 28.4 Å². The number of rotatable bonds is 6. The molecule has 1 atom stereocenters. The van der Waals surface area contributed by atoms with E-state index in [9.17, 15) is 0 Å². The number of allylic oxidation sites excluding steroid dienone is 2. The van der Waals surface area contributed by atoms with Crippen molar-refractivity contribution in [1.82, 2.24) is 0 Å². The average molecular weight is 779 g/mol. The van der Waals surface area contributed by atoms with Gasteiger partial charge in [0.2, 0.25) is 0 Å². The van der Waals surface area contributed by atoms with Gasteiger partial charge in [-0.1, -0.05) is 121 Å². The summed E-state index contributed by atoms with van der Waals surface area (Å²) < 4.78 is 5.27. The average Bonchev–Trinajstić information content (AvgIpc) is 3.85. The number of fused-ring (bicyclic) bond motifs is 6. The molecule has 0 spiro atoms. The molecule has 10 aromatic rings. The first-order valence-corrected chi connectivity index (χ1v) is 21.7. The highest BCUT2D eigenvalue weighted by molar-refractivity contribution is 7.26. The molecule has 2 nitrogen and oxygen atoms in total. The Balaban J connectivity index is 1.10. The van der Waals surface area contributed by atoms with Crippen molar-refractivity contribution in [1.29, 1.82) is 0 Å². The number of hydrogen-bond donors (Lipinski definition) is 0. The van der Waals surface area contributed by atoms with Crippen molar-refractivity contribution < 1.29 is 0 Å². The summed E-state index contributed by atoms with van der Waals surface area (Å²) in [6, 6.07) is 60.6. The van der Waals surface area contributed by atoms with Gasteiger partial charge in [-0.05, 0) is 114 Å². The van der Waals surface area contributed by atoms with E-state index >= 15 is 0 Å². The van der Waals surface area contributed by atoms with E-state index < -0.39 is 0 Å². The Morgan fingerprint density at radius 3 is 1.79 bits per heavy atom. The van der Waals surface area contributed by atoms with Gasteiger partial charge >= 0.3 is 0 Å². The number of anilines is 5. The Morgan fingerprint density at radius 2 is 1.10 bits per heavy atom. The smallest absolute Gasteiger partial charge is 0.0785 e. The topological polar surface area (TPSA) is 6.48 Å². The highest BCUT2D eigenvalue weighted by Gasteiger charge is 2.35. The number of benzene rings is 8. The van der Waals surface area contributed by atoms with Crippen molar-refractivity contribution in [3.8, 4) is 0 Å². The summed E-state index contributed by atoms with van der Waals surface area (Å²) in [7, 11) is 0. The standard InChI is InChI=1S/C54H38N2S2/c1-33-31-47(55(35-15-5-3-6-16-35)45-23-13-21-41-39-19-9-11-25-49(39)57-53(41)45)43-30-28-38-34(2)32-48(44-29-27-37(33)51(43)52(38)44)56(36-17-7-4-8-18-36)46-24-14-22-42-40-20-10-12-26-50(40)58-54(42)46/h3-27,29-32,47H,28H2,1-2H3. The van der Waals surface area contributed by atoms with Crippen molar-refractivity contribution in [2.75, 3.05) is 9.80 Å². The van der Waals surface area contributed by atoms with Crippen LogP contribution in [0.25, 0.3) is 62.3 Å². The molecule has 0 bridgehead atoms. The normalized spacial score (nSPS) is 14.7. The van der Waals surface area contributed by atoms with Gasteiger partial charge in [0.25, 0.3) is 0 Å². The van der Waals surface area contributed by atoms with Gasteiger partial charge in [0, 0.05) is 47.7 Å². The number of nitrogens with zero attached hydrogens (tertiary/aromatic N) is 2. The molecular formula is C54H38N2S2. The molecule has 0 N–H and O–H groups in total. The molecule has 0 amide bonds. The molecular weight excluding hydrogens is 741 g/mol. The van der Waals surface area contributed by atoms with Crippen LogP contribution in [-0.2, 0) is 6.42 Å². The van der Waals surface area contributed by atoms with E-state index in [2.05, 4.69) is 200 Å². The van der Waals surface area contributed by atoms with E-state index in [0.717, 1.165) is 12.1 Å². The zero-order chi connectivity index (χ0) is 38.5. The molecule has 0 radical (unpaired) electrons. The van der Waals surface area contributed by atoms with Crippen LogP contribution in [-0.4, -0.2) is 6.04 Å². The molecule has 0 aliphatic heterocycles. The second kappa shape index (κ2) is 13.0. The van der Waals surface area contributed by atoms with E-state index in [1.165, 1.54) is 107 Å². The van der Waals surface area contributed by atoms with Gasteiger partial charge in [-0.25, -0.2) is 0 Å². The maximum Gasteiger partial charge on any atom is 0.0785 e. The van der Waals surface area contributed by atoms with E-state index in [0.29, 0.717) is 0 Å². The fourth-order valence-electron chi connectivity index (χ4n) is 9.84. The van der Waals surface area contributed by atoms with Crippen molar-refractivity contribution in [2.24, 2.45) is 0 Å². The number of para-hydroxylation sites is 2. The van der Waals surface area contributed by atoms with Gasteiger partial charge in [-0.15, -0.1) is 22.7 Å². The maximum absolute atomic E-state index is 2.61. The summed E-state index contributed by atoms with van der Waals surface area (Å²) in [5.74, 6) is 0. The molecule has 1 unspecified atom stereocenters. The molecule has 2 heterocycles. The minimum Gasteiger partial charge on any atom is -0.329 e. The third-order valence-corrected chi connectivity index (χ3v) is 14.8. The molecule has 2 aromatic heterocycles.